The third-order valence-corrected chi connectivity index (χ3v) is 6.28. The molecule has 144 valence electrons. The third kappa shape index (κ3) is 5.46. The lowest BCUT2D eigenvalue weighted by Crippen LogP contribution is -2.27. The molecule has 0 fully saturated rings. The summed E-state index contributed by atoms with van der Waals surface area (Å²) in [6.07, 6.45) is 1.51. The lowest BCUT2D eigenvalue weighted by molar-refractivity contribution is -0.114. The van der Waals surface area contributed by atoms with E-state index in [4.69, 9.17) is 23.2 Å². The van der Waals surface area contributed by atoms with E-state index in [1.54, 1.807) is 30.3 Å². The third-order valence-electron chi connectivity index (χ3n) is 3.63. The highest BCUT2D eigenvalue weighted by atomic mass is 35.5. The van der Waals surface area contributed by atoms with Crippen LogP contribution in [0, 0.1) is 0 Å². The maximum Gasteiger partial charge on any atom is 0.243 e. The number of hydrogen-bond acceptors (Lipinski definition) is 4. The molecule has 0 bridgehead atoms. The number of rotatable bonds is 8. The second-order valence-electron chi connectivity index (χ2n) is 5.60. The first-order valence-corrected chi connectivity index (χ1v) is 10.1. The van der Waals surface area contributed by atoms with Crippen LogP contribution in [0.1, 0.15) is 0 Å². The molecule has 6 nitrogen and oxygen atoms in total. The van der Waals surface area contributed by atoms with Crippen molar-refractivity contribution >= 4 is 50.5 Å². The minimum atomic E-state index is -3.57. The molecule has 9 heteroatoms. The number of hydrogen-bond donors (Lipinski definition) is 2. The van der Waals surface area contributed by atoms with Crippen molar-refractivity contribution < 1.29 is 13.2 Å². The molecule has 0 aromatic heterocycles. The maximum atomic E-state index is 12.3. The van der Waals surface area contributed by atoms with Crippen molar-refractivity contribution in [2.24, 2.45) is 0 Å². The average Bonchev–Trinajstić information content (AvgIpc) is 2.64. The quantitative estimate of drug-likeness (QED) is 0.627. The van der Waals surface area contributed by atoms with Gasteiger partial charge in [0.2, 0.25) is 15.9 Å². The molecule has 2 aromatic carbocycles. The minimum absolute atomic E-state index is 0.0225. The summed E-state index contributed by atoms with van der Waals surface area (Å²) in [5.74, 6) is -0.318. The zero-order valence-electron chi connectivity index (χ0n) is 14.6. The normalized spacial score (nSPS) is 11.3. The van der Waals surface area contributed by atoms with Crippen molar-refractivity contribution in [2.75, 3.05) is 30.8 Å². The monoisotopic (exact) mass is 427 g/mol. The Labute approximate surface area is 168 Å². The molecule has 0 atom stereocenters. The molecule has 27 heavy (non-hydrogen) atoms. The maximum absolute atomic E-state index is 12.3. The van der Waals surface area contributed by atoms with Crippen LogP contribution >= 0.6 is 23.2 Å². The van der Waals surface area contributed by atoms with Crippen molar-refractivity contribution in [3.05, 3.63) is 65.2 Å². The summed E-state index contributed by atoms with van der Waals surface area (Å²) in [6.45, 7) is 3.73. The summed E-state index contributed by atoms with van der Waals surface area (Å²) < 4.78 is 25.9. The van der Waals surface area contributed by atoms with Gasteiger partial charge in [0.25, 0.3) is 0 Å². The summed E-state index contributed by atoms with van der Waals surface area (Å²) in [6, 6.07) is 11.1. The molecule has 0 heterocycles. The Balaban J connectivity index is 1.98. The first-order chi connectivity index (χ1) is 12.8. The van der Waals surface area contributed by atoms with Crippen LogP contribution in [0.2, 0.25) is 10.0 Å². The van der Waals surface area contributed by atoms with Crippen molar-refractivity contribution in [1.29, 1.82) is 0 Å². The molecule has 2 rings (SSSR count). The molecule has 2 aromatic rings. The summed E-state index contributed by atoms with van der Waals surface area (Å²) >= 11 is 11.9. The lowest BCUT2D eigenvalue weighted by atomic mass is 10.3. The van der Waals surface area contributed by atoms with Crippen LogP contribution in [0.5, 0.6) is 0 Å². The van der Waals surface area contributed by atoms with Crippen molar-refractivity contribution in [1.82, 2.24) is 4.31 Å². The van der Waals surface area contributed by atoms with E-state index in [9.17, 15) is 13.2 Å². The molecule has 0 saturated carbocycles. The standard InChI is InChI=1S/C18H19Cl2N3O3S/c1-3-11-23(2)27(25,26)14-9-7-13(8-10-14)21-12-17(24)22-16-6-4-5-15(19)18(16)20/h3-10,21H,1,11-12H2,2H3,(H,22,24). The van der Waals surface area contributed by atoms with Gasteiger partial charge in [-0.15, -0.1) is 6.58 Å². The fourth-order valence-corrected chi connectivity index (χ4v) is 3.67. The number of nitrogens with one attached hydrogen (secondary N) is 2. The minimum Gasteiger partial charge on any atom is -0.376 e. The van der Waals surface area contributed by atoms with Crippen LogP contribution in [0.3, 0.4) is 0 Å². The SMILES string of the molecule is C=CCN(C)S(=O)(=O)c1ccc(NCC(=O)Nc2cccc(Cl)c2Cl)cc1. The van der Waals surface area contributed by atoms with Gasteiger partial charge in [0.05, 0.1) is 27.2 Å². The van der Waals surface area contributed by atoms with Crippen LogP contribution in [-0.2, 0) is 14.8 Å². The van der Waals surface area contributed by atoms with Crippen molar-refractivity contribution in [3.8, 4) is 0 Å². The van der Waals surface area contributed by atoms with Crippen LogP contribution in [-0.4, -0.2) is 38.8 Å². The zero-order valence-corrected chi connectivity index (χ0v) is 16.9. The molecule has 2 N–H and O–H groups in total. The van der Waals surface area contributed by atoms with E-state index in [2.05, 4.69) is 17.2 Å². The van der Waals surface area contributed by atoms with Gasteiger partial charge in [-0.25, -0.2) is 8.42 Å². The number of anilines is 2. The summed E-state index contributed by atoms with van der Waals surface area (Å²) in [5, 5.41) is 6.19. The van der Waals surface area contributed by atoms with Crippen molar-refractivity contribution in [2.45, 2.75) is 4.90 Å². The number of sulfonamides is 1. The number of amides is 1. The van der Waals surface area contributed by atoms with Gasteiger partial charge in [0.1, 0.15) is 0 Å². The fraction of sp³-hybridized carbons (Fsp3) is 0.167. The van der Waals surface area contributed by atoms with Crippen LogP contribution in [0.25, 0.3) is 0 Å². The van der Waals surface area contributed by atoms with E-state index < -0.39 is 10.0 Å². The predicted octanol–water partition coefficient (Wildman–Crippen LogP) is 3.85. The lowest BCUT2D eigenvalue weighted by Gasteiger charge is -2.15. The summed E-state index contributed by atoms with van der Waals surface area (Å²) in [4.78, 5) is 12.2. The first kappa shape index (κ1) is 21.2. The van der Waals surface area contributed by atoms with Gasteiger partial charge >= 0.3 is 0 Å². The van der Waals surface area contributed by atoms with Gasteiger partial charge in [0, 0.05) is 19.3 Å². The highest BCUT2D eigenvalue weighted by molar-refractivity contribution is 7.89. The molecular weight excluding hydrogens is 409 g/mol. The van der Waals surface area contributed by atoms with Gasteiger partial charge in [-0.2, -0.15) is 4.31 Å². The number of carbonyl (C=O) groups is 1. The second-order valence-corrected chi connectivity index (χ2v) is 8.43. The fourth-order valence-electron chi connectivity index (χ4n) is 2.18. The molecule has 0 unspecified atom stereocenters. The first-order valence-electron chi connectivity index (χ1n) is 7.90. The summed E-state index contributed by atoms with van der Waals surface area (Å²) in [7, 11) is -2.09. The van der Waals surface area contributed by atoms with Gasteiger partial charge < -0.3 is 10.6 Å². The van der Waals surface area contributed by atoms with E-state index in [-0.39, 0.29) is 28.9 Å². The number of nitrogens with zero attached hydrogens (tertiary/aromatic N) is 1. The molecule has 0 aliphatic rings. The predicted molar refractivity (Wildman–Crippen MR) is 110 cm³/mol. The van der Waals surface area contributed by atoms with E-state index in [1.165, 1.54) is 29.6 Å². The van der Waals surface area contributed by atoms with E-state index in [0.29, 0.717) is 16.4 Å². The Kier molecular flexibility index (Phi) is 7.26. The smallest absolute Gasteiger partial charge is 0.243 e. The van der Waals surface area contributed by atoms with E-state index >= 15 is 0 Å². The topological polar surface area (TPSA) is 78.5 Å². The largest absolute Gasteiger partial charge is 0.376 e. The highest BCUT2D eigenvalue weighted by Gasteiger charge is 2.19. The Hall–Kier alpha value is -2.06. The molecule has 0 saturated heterocycles. The van der Waals surface area contributed by atoms with Gasteiger partial charge in [-0.3, -0.25) is 4.79 Å². The molecule has 0 aliphatic carbocycles. The van der Waals surface area contributed by atoms with Crippen LogP contribution in [0.15, 0.2) is 60.0 Å². The number of likely N-dealkylation sites (N-methyl/N-ethyl adjacent to an activating group) is 1. The Morgan fingerprint density at radius 1 is 1.19 bits per heavy atom. The van der Waals surface area contributed by atoms with Crippen molar-refractivity contribution in [3.63, 3.8) is 0 Å². The van der Waals surface area contributed by atoms with Crippen LogP contribution < -0.4 is 10.6 Å². The van der Waals surface area contributed by atoms with Gasteiger partial charge in [0.15, 0.2) is 0 Å². The molecular formula is C18H19Cl2N3O3S. The highest BCUT2D eigenvalue weighted by Crippen LogP contribution is 2.29. The molecule has 0 spiro atoms. The number of carbonyl (C=O) groups excluding carboxylic acids is 1. The number of benzene rings is 2. The van der Waals surface area contributed by atoms with E-state index in [1.807, 2.05) is 0 Å². The summed E-state index contributed by atoms with van der Waals surface area (Å²) in [5.41, 5.74) is 1.02. The van der Waals surface area contributed by atoms with Gasteiger partial charge in [-0.1, -0.05) is 35.3 Å². The Morgan fingerprint density at radius 2 is 1.85 bits per heavy atom. The van der Waals surface area contributed by atoms with E-state index in [0.717, 1.165) is 0 Å². The second kappa shape index (κ2) is 9.23. The number of halogens is 2. The van der Waals surface area contributed by atoms with Gasteiger partial charge in [-0.05, 0) is 36.4 Å². The zero-order chi connectivity index (χ0) is 20.0. The Bertz CT molecular complexity index is 931. The molecule has 1 amide bonds. The molecule has 0 radical (unpaired) electrons. The average molecular weight is 428 g/mol. The Morgan fingerprint density at radius 3 is 2.48 bits per heavy atom. The van der Waals surface area contributed by atoms with Crippen LogP contribution in [0.4, 0.5) is 11.4 Å². The molecule has 0 aliphatic heterocycles.